The minimum Gasteiger partial charge on any atom is -0.301 e. The zero-order chi connectivity index (χ0) is 19.7. The summed E-state index contributed by atoms with van der Waals surface area (Å²) >= 11 is 0. The first kappa shape index (κ1) is 18.3. The minimum atomic E-state index is -0.484. The fourth-order valence-electron chi connectivity index (χ4n) is 3.05. The second-order valence-electron chi connectivity index (χ2n) is 6.49. The average Bonchev–Trinajstić information content (AvgIpc) is 2.62. The van der Waals surface area contributed by atoms with E-state index in [2.05, 4.69) is 0 Å². The van der Waals surface area contributed by atoms with E-state index < -0.39 is 16.2 Å². The Balaban J connectivity index is 2.26. The molecule has 2 aromatic carbocycles. The number of benzene rings is 2. The van der Waals surface area contributed by atoms with Crippen molar-refractivity contribution in [2.24, 2.45) is 7.05 Å². The first-order chi connectivity index (χ1) is 12.8. The van der Waals surface area contributed by atoms with Crippen molar-refractivity contribution in [3.05, 3.63) is 102 Å². The summed E-state index contributed by atoms with van der Waals surface area (Å²) in [6, 6.07) is 13.7. The number of aryl methyl sites for hydroxylation is 2. The molecule has 1 heterocycles. The van der Waals surface area contributed by atoms with E-state index in [9.17, 15) is 19.7 Å². The lowest BCUT2D eigenvalue weighted by Gasteiger charge is -2.13. The first-order valence-electron chi connectivity index (χ1n) is 8.41. The summed E-state index contributed by atoms with van der Waals surface area (Å²) < 4.78 is 2.43. The lowest BCUT2D eigenvalue weighted by atomic mass is 10.00. The zero-order valence-electron chi connectivity index (χ0n) is 15.3. The van der Waals surface area contributed by atoms with Crippen LogP contribution in [0, 0.1) is 24.0 Å². The van der Waals surface area contributed by atoms with Crippen LogP contribution in [0.25, 0.3) is 5.69 Å². The summed E-state index contributed by atoms with van der Waals surface area (Å²) in [4.78, 5) is 36.2. The van der Waals surface area contributed by atoms with E-state index in [0.29, 0.717) is 28.9 Å². The Kier molecular flexibility index (Phi) is 4.77. The number of nitrogens with zero attached hydrogens (tertiary/aromatic N) is 3. The molecule has 0 saturated carbocycles. The number of aromatic nitrogens is 2. The van der Waals surface area contributed by atoms with Crippen molar-refractivity contribution >= 4 is 5.69 Å². The normalized spacial score (nSPS) is 10.8. The van der Waals surface area contributed by atoms with Crippen LogP contribution < -0.4 is 11.2 Å². The standard InChI is InChI=1S/C20H19N3O4/c1-13-9-18(23(26)27)16(11-15-7-5-4-6-8-15)12-17(13)22-19(24)10-14(2)21(3)20(22)25/h4-10,12H,11H2,1-3H3. The van der Waals surface area contributed by atoms with Gasteiger partial charge in [-0.1, -0.05) is 30.3 Å². The molecule has 0 radical (unpaired) electrons. The molecular formula is C20H19N3O4. The van der Waals surface area contributed by atoms with Crippen molar-refractivity contribution in [3.8, 4) is 5.69 Å². The maximum atomic E-state index is 12.6. The van der Waals surface area contributed by atoms with E-state index in [1.807, 2.05) is 30.3 Å². The van der Waals surface area contributed by atoms with Gasteiger partial charge in [-0.05, 0) is 31.0 Å². The molecular weight excluding hydrogens is 346 g/mol. The van der Waals surface area contributed by atoms with Gasteiger partial charge in [0.25, 0.3) is 11.2 Å². The van der Waals surface area contributed by atoms with Crippen LogP contribution in [0.2, 0.25) is 0 Å². The molecule has 0 aliphatic carbocycles. The van der Waals surface area contributed by atoms with Crippen molar-refractivity contribution in [3.63, 3.8) is 0 Å². The van der Waals surface area contributed by atoms with Gasteiger partial charge >= 0.3 is 5.69 Å². The van der Waals surface area contributed by atoms with Gasteiger partial charge in [-0.25, -0.2) is 9.36 Å². The molecule has 0 unspecified atom stereocenters. The maximum Gasteiger partial charge on any atom is 0.335 e. The van der Waals surface area contributed by atoms with Gasteiger partial charge in [0.15, 0.2) is 0 Å². The Hall–Kier alpha value is -3.48. The molecule has 0 amide bonds. The number of hydrogen-bond acceptors (Lipinski definition) is 4. The lowest BCUT2D eigenvalue weighted by Crippen LogP contribution is -2.38. The maximum absolute atomic E-state index is 12.6. The molecule has 0 N–H and O–H groups in total. The number of rotatable bonds is 4. The third kappa shape index (κ3) is 3.44. The zero-order valence-corrected chi connectivity index (χ0v) is 15.3. The number of hydrogen-bond donors (Lipinski definition) is 0. The second kappa shape index (κ2) is 7.03. The third-order valence-corrected chi connectivity index (χ3v) is 4.63. The average molecular weight is 365 g/mol. The predicted octanol–water partition coefficient (Wildman–Crippen LogP) is 2.65. The van der Waals surface area contributed by atoms with Crippen molar-refractivity contribution in [1.82, 2.24) is 9.13 Å². The quantitative estimate of drug-likeness (QED) is 0.525. The summed E-state index contributed by atoms with van der Waals surface area (Å²) in [5.41, 5.74) is 1.77. The van der Waals surface area contributed by atoms with Gasteiger partial charge in [0.1, 0.15) is 0 Å². The summed E-state index contributed by atoms with van der Waals surface area (Å²) in [6.45, 7) is 3.33. The van der Waals surface area contributed by atoms with Crippen LogP contribution in [0.5, 0.6) is 0 Å². The highest BCUT2D eigenvalue weighted by Crippen LogP contribution is 2.27. The summed E-state index contributed by atoms with van der Waals surface area (Å²) in [5.74, 6) is 0. The van der Waals surface area contributed by atoms with Crippen LogP contribution in [0.4, 0.5) is 5.69 Å². The van der Waals surface area contributed by atoms with Gasteiger partial charge in [0.2, 0.25) is 0 Å². The fraction of sp³-hybridized carbons (Fsp3) is 0.200. The Bertz CT molecular complexity index is 1140. The molecule has 0 fully saturated rings. The third-order valence-electron chi connectivity index (χ3n) is 4.63. The molecule has 3 aromatic rings. The van der Waals surface area contributed by atoms with E-state index in [1.54, 1.807) is 27.0 Å². The molecule has 7 heteroatoms. The molecule has 1 aromatic heterocycles. The van der Waals surface area contributed by atoms with Gasteiger partial charge in [-0.15, -0.1) is 0 Å². The lowest BCUT2D eigenvalue weighted by molar-refractivity contribution is -0.385. The molecule has 138 valence electrons. The van der Waals surface area contributed by atoms with Gasteiger partial charge < -0.3 is 4.57 Å². The van der Waals surface area contributed by atoms with Crippen LogP contribution in [-0.2, 0) is 13.5 Å². The Labute approximate surface area is 155 Å². The van der Waals surface area contributed by atoms with Gasteiger partial charge in [-0.3, -0.25) is 14.9 Å². The van der Waals surface area contributed by atoms with Crippen LogP contribution >= 0.6 is 0 Å². The minimum absolute atomic E-state index is 0.0305. The van der Waals surface area contributed by atoms with Crippen LogP contribution in [0.1, 0.15) is 22.4 Å². The molecule has 7 nitrogen and oxygen atoms in total. The highest BCUT2D eigenvalue weighted by atomic mass is 16.6. The molecule has 0 saturated heterocycles. The predicted molar refractivity (Wildman–Crippen MR) is 103 cm³/mol. The Morgan fingerprint density at radius 3 is 2.33 bits per heavy atom. The van der Waals surface area contributed by atoms with Gasteiger partial charge in [-0.2, -0.15) is 0 Å². The van der Waals surface area contributed by atoms with Crippen molar-refractivity contribution < 1.29 is 4.92 Å². The van der Waals surface area contributed by atoms with Gasteiger partial charge in [0, 0.05) is 36.9 Å². The van der Waals surface area contributed by atoms with E-state index >= 15 is 0 Å². The monoisotopic (exact) mass is 365 g/mol. The molecule has 3 rings (SSSR count). The molecule has 0 bridgehead atoms. The van der Waals surface area contributed by atoms with Gasteiger partial charge in [0.05, 0.1) is 10.6 Å². The Morgan fingerprint density at radius 1 is 1.04 bits per heavy atom. The smallest absolute Gasteiger partial charge is 0.301 e. The largest absolute Gasteiger partial charge is 0.335 e. The number of nitro benzene ring substituents is 1. The second-order valence-corrected chi connectivity index (χ2v) is 6.49. The van der Waals surface area contributed by atoms with Crippen LogP contribution in [0.15, 0.2) is 58.1 Å². The first-order valence-corrected chi connectivity index (χ1v) is 8.41. The van der Waals surface area contributed by atoms with E-state index in [4.69, 9.17) is 0 Å². The summed E-state index contributed by atoms with van der Waals surface area (Å²) in [5, 5.41) is 11.5. The molecule has 0 aliphatic heterocycles. The van der Waals surface area contributed by atoms with Crippen molar-refractivity contribution in [1.29, 1.82) is 0 Å². The number of nitro groups is 1. The van der Waals surface area contributed by atoms with Crippen molar-refractivity contribution in [2.45, 2.75) is 20.3 Å². The van der Waals surface area contributed by atoms with Crippen LogP contribution in [-0.4, -0.2) is 14.1 Å². The molecule has 0 aliphatic rings. The molecule has 0 spiro atoms. The van der Waals surface area contributed by atoms with E-state index in [0.717, 1.165) is 10.1 Å². The highest BCUT2D eigenvalue weighted by molar-refractivity contribution is 5.54. The molecule has 27 heavy (non-hydrogen) atoms. The Morgan fingerprint density at radius 2 is 1.70 bits per heavy atom. The van der Waals surface area contributed by atoms with Crippen molar-refractivity contribution in [2.75, 3.05) is 0 Å². The highest BCUT2D eigenvalue weighted by Gasteiger charge is 2.20. The summed E-state index contributed by atoms with van der Waals surface area (Å²) in [6.07, 6.45) is 0.325. The molecule has 0 atom stereocenters. The van der Waals surface area contributed by atoms with Crippen LogP contribution in [0.3, 0.4) is 0 Å². The topological polar surface area (TPSA) is 87.1 Å². The van der Waals surface area contributed by atoms with E-state index in [-0.39, 0.29) is 5.69 Å². The fourth-order valence-corrected chi connectivity index (χ4v) is 3.05. The summed E-state index contributed by atoms with van der Waals surface area (Å²) in [7, 11) is 1.58. The SMILES string of the molecule is Cc1cc([N+](=O)[O-])c(Cc2ccccc2)cc1-n1c(=O)cc(C)n(C)c1=O. The van der Waals surface area contributed by atoms with E-state index in [1.165, 1.54) is 16.7 Å².